The Labute approximate surface area is 86.0 Å². The fourth-order valence-electron chi connectivity index (χ4n) is 1.85. The molecule has 0 spiro atoms. The van der Waals surface area contributed by atoms with E-state index in [1.54, 1.807) is 0 Å². The van der Waals surface area contributed by atoms with Gasteiger partial charge in [-0.05, 0) is 40.4 Å². The van der Waals surface area contributed by atoms with Gasteiger partial charge in [-0.15, -0.1) is 0 Å². The minimum atomic E-state index is 0.0413. The Morgan fingerprint density at radius 2 is 2.36 bits per heavy atom. The first-order chi connectivity index (χ1) is 6.59. The van der Waals surface area contributed by atoms with E-state index in [9.17, 15) is 4.79 Å². The molecule has 1 fully saturated rings. The average Bonchev–Trinajstić information content (AvgIpc) is 2.53. The molecule has 0 aromatic heterocycles. The third-order valence-corrected chi connectivity index (χ3v) is 2.40. The molecule has 82 valence electrons. The van der Waals surface area contributed by atoms with E-state index >= 15 is 0 Å². The summed E-state index contributed by atoms with van der Waals surface area (Å²) >= 11 is 0. The molecule has 0 aromatic rings. The lowest BCUT2D eigenvalue weighted by molar-refractivity contribution is -0.123. The fraction of sp³-hybridized carbons (Fsp3) is 0.900. The van der Waals surface area contributed by atoms with Crippen LogP contribution in [0.2, 0.25) is 0 Å². The van der Waals surface area contributed by atoms with Crippen molar-refractivity contribution in [3.63, 3.8) is 0 Å². The summed E-state index contributed by atoms with van der Waals surface area (Å²) in [5.41, 5.74) is 0. The van der Waals surface area contributed by atoms with Crippen LogP contribution < -0.4 is 10.6 Å². The van der Waals surface area contributed by atoms with Crippen molar-refractivity contribution < 1.29 is 4.79 Å². The highest BCUT2D eigenvalue weighted by atomic mass is 16.2. The number of hydrogen-bond acceptors (Lipinski definition) is 3. The Bertz CT molecular complexity index is 188. The van der Waals surface area contributed by atoms with Gasteiger partial charge in [0.1, 0.15) is 0 Å². The summed E-state index contributed by atoms with van der Waals surface area (Å²) in [7, 11) is 4.02. The summed E-state index contributed by atoms with van der Waals surface area (Å²) < 4.78 is 0. The van der Waals surface area contributed by atoms with Crippen LogP contribution in [-0.4, -0.2) is 50.1 Å². The maximum atomic E-state index is 11.6. The maximum absolute atomic E-state index is 11.6. The molecule has 0 saturated carbocycles. The standard InChI is InChI=1S/C10H21N3O/c1-8(7-13(2)3)12-10(14)9-5-4-6-11-9/h8-9,11H,4-7H2,1-3H3,(H,12,14)/t8?,9-/m1/s1. The highest BCUT2D eigenvalue weighted by molar-refractivity contribution is 5.82. The molecule has 1 unspecified atom stereocenters. The van der Waals surface area contributed by atoms with Crippen LogP contribution in [0.3, 0.4) is 0 Å². The van der Waals surface area contributed by atoms with Gasteiger partial charge in [0.05, 0.1) is 6.04 Å². The van der Waals surface area contributed by atoms with E-state index in [4.69, 9.17) is 0 Å². The summed E-state index contributed by atoms with van der Waals surface area (Å²) in [6.45, 7) is 3.89. The molecule has 1 aliphatic heterocycles. The summed E-state index contributed by atoms with van der Waals surface area (Å²) in [4.78, 5) is 13.7. The first-order valence-electron chi connectivity index (χ1n) is 5.28. The van der Waals surface area contributed by atoms with Crippen molar-refractivity contribution in [1.82, 2.24) is 15.5 Å². The van der Waals surface area contributed by atoms with Crippen molar-refractivity contribution in [2.24, 2.45) is 0 Å². The lowest BCUT2D eigenvalue weighted by Gasteiger charge is -2.20. The number of hydrogen-bond donors (Lipinski definition) is 2. The zero-order valence-corrected chi connectivity index (χ0v) is 9.34. The van der Waals surface area contributed by atoms with Gasteiger partial charge < -0.3 is 15.5 Å². The third kappa shape index (κ3) is 3.64. The monoisotopic (exact) mass is 199 g/mol. The number of nitrogens with one attached hydrogen (secondary N) is 2. The smallest absolute Gasteiger partial charge is 0.237 e. The highest BCUT2D eigenvalue weighted by Gasteiger charge is 2.22. The normalized spacial score (nSPS) is 23.9. The van der Waals surface area contributed by atoms with E-state index in [-0.39, 0.29) is 18.0 Å². The van der Waals surface area contributed by atoms with E-state index in [1.165, 1.54) is 0 Å². The molecule has 1 aliphatic rings. The van der Waals surface area contributed by atoms with E-state index < -0.39 is 0 Å². The van der Waals surface area contributed by atoms with E-state index in [2.05, 4.69) is 15.5 Å². The molecule has 1 amide bonds. The molecule has 4 nitrogen and oxygen atoms in total. The van der Waals surface area contributed by atoms with Gasteiger partial charge >= 0.3 is 0 Å². The summed E-state index contributed by atoms with van der Waals surface area (Å²) in [5, 5.41) is 6.20. The molecule has 2 N–H and O–H groups in total. The molecule has 1 rings (SSSR count). The summed E-state index contributed by atoms with van der Waals surface area (Å²) in [6.07, 6.45) is 2.08. The van der Waals surface area contributed by atoms with Gasteiger partial charge in [0, 0.05) is 12.6 Å². The topological polar surface area (TPSA) is 44.4 Å². The predicted molar refractivity (Wildman–Crippen MR) is 57.2 cm³/mol. The second-order valence-electron chi connectivity index (χ2n) is 4.32. The van der Waals surface area contributed by atoms with Crippen LogP contribution in [0.1, 0.15) is 19.8 Å². The number of carbonyl (C=O) groups is 1. The fourth-order valence-corrected chi connectivity index (χ4v) is 1.85. The molecule has 0 aliphatic carbocycles. The van der Waals surface area contributed by atoms with E-state index in [0.29, 0.717) is 0 Å². The Hall–Kier alpha value is -0.610. The van der Waals surface area contributed by atoms with Crippen LogP contribution in [0.15, 0.2) is 0 Å². The molecular formula is C10H21N3O. The van der Waals surface area contributed by atoms with Gasteiger partial charge in [0.2, 0.25) is 5.91 Å². The minimum Gasteiger partial charge on any atom is -0.351 e. The molecule has 2 atom stereocenters. The van der Waals surface area contributed by atoms with Crippen LogP contribution in [0.4, 0.5) is 0 Å². The maximum Gasteiger partial charge on any atom is 0.237 e. The lowest BCUT2D eigenvalue weighted by Crippen LogP contribution is -2.47. The Morgan fingerprint density at radius 3 is 2.86 bits per heavy atom. The number of rotatable bonds is 4. The number of nitrogens with zero attached hydrogens (tertiary/aromatic N) is 1. The number of carbonyl (C=O) groups excluding carboxylic acids is 1. The van der Waals surface area contributed by atoms with Crippen LogP contribution in [0.5, 0.6) is 0 Å². The minimum absolute atomic E-state index is 0.0413. The lowest BCUT2D eigenvalue weighted by atomic mass is 10.2. The first kappa shape index (κ1) is 11.5. The third-order valence-electron chi connectivity index (χ3n) is 2.40. The molecule has 1 heterocycles. The second kappa shape index (κ2) is 5.32. The second-order valence-corrected chi connectivity index (χ2v) is 4.32. The highest BCUT2D eigenvalue weighted by Crippen LogP contribution is 2.04. The van der Waals surface area contributed by atoms with Gasteiger partial charge in [-0.25, -0.2) is 0 Å². The quantitative estimate of drug-likeness (QED) is 0.659. The van der Waals surface area contributed by atoms with Gasteiger partial charge in [-0.2, -0.15) is 0 Å². The van der Waals surface area contributed by atoms with Crippen LogP contribution in [-0.2, 0) is 4.79 Å². The Morgan fingerprint density at radius 1 is 1.64 bits per heavy atom. The predicted octanol–water partition coefficient (Wildman–Crippen LogP) is -0.195. The summed E-state index contributed by atoms with van der Waals surface area (Å²) in [5.74, 6) is 0.150. The SMILES string of the molecule is CC(CN(C)C)NC(=O)[C@H]1CCCN1. The van der Waals surface area contributed by atoms with E-state index in [0.717, 1.165) is 25.9 Å². The van der Waals surface area contributed by atoms with Crippen molar-refractivity contribution in [1.29, 1.82) is 0 Å². The van der Waals surface area contributed by atoms with Crippen molar-refractivity contribution in [2.45, 2.75) is 31.8 Å². The zero-order valence-electron chi connectivity index (χ0n) is 9.34. The van der Waals surface area contributed by atoms with Crippen molar-refractivity contribution in [3.8, 4) is 0 Å². The number of likely N-dealkylation sites (N-methyl/N-ethyl adjacent to an activating group) is 1. The molecular weight excluding hydrogens is 178 g/mol. The molecule has 0 aromatic carbocycles. The molecule has 1 saturated heterocycles. The average molecular weight is 199 g/mol. The zero-order chi connectivity index (χ0) is 10.6. The summed E-state index contributed by atoms with van der Waals surface area (Å²) in [6, 6.07) is 0.263. The van der Waals surface area contributed by atoms with Crippen molar-refractivity contribution in [2.75, 3.05) is 27.2 Å². The molecule has 0 radical (unpaired) electrons. The largest absolute Gasteiger partial charge is 0.351 e. The Balaban J connectivity index is 2.25. The van der Waals surface area contributed by atoms with Crippen LogP contribution in [0.25, 0.3) is 0 Å². The number of amides is 1. The van der Waals surface area contributed by atoms with Crippen molar-refractivity contribution >= 4 is 5.91 Å². The molecule has 4 heteroatoms. The van der Waals surface area contributed by atoms with Gasteiger partial charge in [-0.3, -0.25) is 4.79 Å². The Kier molecular flexibility index (Phi) is 4.35. The molecule has 0 bridgehead atoms. The van der Waals surface area contributed by atoms with Crippen molar-refractivity contribution in [3.05, 3.63) is 0 Å². The van der Waals surface area contributed by atoms with Gasteiger partial charge in [0.15, 0.2) is 0 Å². The van der Waals surface area contributed by atoms with Gasteiger partial charge in [0.25, 0.3) is 0 Å². The van der Waals surface area contributed by atoms with Crippen LogP contribution >= 0.6 is 0 Å². The van der Waals surface area contributed by atoms with E-state index in [1.807, 2.05) is 21.0 Å². The van der Waals surface area contributed by atoms with Gasteiger partial charge in [-0.1, -0.05) is 0 Å². The molecule has 14 heavy (non-hydrogen) atoms. The van der Waals surface area contributed by atoms with Crippen LogP contribution in [0, 0.1) is 0 Å². The first-order valence-corrected chi connectivity index (χ1v) is 5.28.